The van der Waals surface area contributed by atoms with Crippen LogP contribution in [-0.2, 0) is 36.9 Å². The minimum absolute atomic E-state index is 0.0448. The monoisotopic (exact) mass is 936 g/mol. The number of nitrogens with zero attached hydrogens (tertiary/aromatic N) is 2. The predicted octanol–water partition coefficient (Wildman–Crippen LogP) is 12.2. The molecule has 12 nitrogen and oxygen atoms in total. The lowest BCUT2D eigenvalue weighted by atomic mass is 9.81. The molecule has 0 amide bonds. The van der Waals surface area contributed by atoms with E-state index in [0.717, 1.165) is 82.8 Å². The van der Waals surface area contributed by atoms with Crippen LogP contribution in [0.25, 0.3) is 44.3 Å². The number of aromatic nitrogens is 2. The number of nitrogen functional groups attached to an aromatic ring is 2. The summed E-state index contributed by atoms with van der Waals surface area (Å²) in [6.45, 7) is 2.80. The van der Waals surface area contributed by atoms with E-state index >= 15 is 0 Å². The van der Waals surface area contributed by atoms with Gasteiger partial charge in [0, 0.05) is 67.4 Å². The first kappa shape index (κ1) is 48.0. The number of benzene rings is 4. The molecule has 2 fully saturated rings. The first-order valence-electron chi connectivity index (χ1n) is 22.8. The van der Waals surface area contributed by atoms with Crippen molar-refractivity contribution in [1.29, 1.82) is 0 Å². The summed E-state index contributed by atoms with van der Waals surface area (Å²) in [6.07, 6.45) is 11.6. The molecule has 8 rings (SSSR count). The highest BCUT2D eigenvalue weighted by molar-refractivity contribution is 6.31. The smallest absolute Gasteiger partial charge is 0.337 e. The van der Waals surface area contributed by atoms with E-state index in [0.29, 0.717) is 57.5 Å². The Bertz CT molecular complexity index is 2760. The molecule has 2 aliphatic rings. The molecular weight excluding hydrogens is 879 g/mol. The molecule has 0 saturated heterocycles. The van der Waals surface area contributed by atoms with Crippen molar-refractivity contribution in [2.45, 2.75) is 109 Å². The quantitative estimate of drug-likeness (QED) is 0.0573. The van der Waals surface area contributed by atoms with Gasteiger partial charge in [-0.1, -0.05) is 73.9 Å². The number of fused-ring (bicyclic) bond motifs is 2. The van der Waals surface area contributed by atoms with Crippen molar-refractivity contribution in [1.82, 2.24) is 9.13 Å². The maximum atomic E-state index is 12.3. The Balaban J connectivity index is 0.000000197. The zero-order chi connectivity index (χ0) is 47.1. The highest BCUT2D eigenvalue weighted by atomic mass is 35.5. The fourth-order valence-electron chi connectivity index (χ4n) is 10.0. The molecule has 2 aliphatic carbocycles. The van der Waals surface area contributed by atoms with Gasteiger partial charge in [-0.15, -0.1) is 0 Å². The van der Waals surface area contributed by atoms with Gasteiger partial charge in [0.1, 0.15) is 0 Å². The number of methoxy groups -OCH3 is 2. The number of aryl methyl sites for hydroxylation is 2. The fraction of sp³-hybridized carbons (Fsp3) is 0.385. The number of carbonyl (C=O) groups is 4. The Morgan fingerprint density at radius 3 is 1.42 bits per heavy atom. The van der Waals surface area contributed by atoms with Gasteiger partial charge >= 0.3 is 23.9 Å². The van der Waals surface area contributed by atoms with Gasteiger partial charge in [-0.2, -0.15) is 0 Å². The average molecular weight is 938 g/mol. The van der Waals surface area contributed by atoms with E-state index in [2.05, 4.69) is 4.57 Å². The number of hydrogen-bond acceptors (Lipinski definition) is 9. The van der Waals surface area contributed by atoms with Crippen LogP contribution in [0.4, 0.5) is 11.4 Å². The zero-order valence-electron chi connectivity index (χ0n) is 37.8. The third-order valence-corrected chi connectivity index (χ3v) is 13.5. The number of anilines is 2. The molecule has 66 heavy (non-hydrogen) atoms. The first-order chi connectivity index (χ1) is 31.8. The lowest BCUT2D eigenvalue weighted by Gasteiger charge is -2.24. The van der Waals surface area contributed by atoms with E-state index in [1.54, 1.807) is 37.3 Å². The molecule has 0 bridgehead atoms. The molecule has 0 atom stereocenters. The van der Waals surface area contributed by atoms with Crippen molar-refractivity contribution < 1.29 is 38.5 Å². The van der Waals surface area contributed by atoms with Gasteiger partial charge in [-0.25, -0.2) is 9.59 Å². The second-order valence-electron chi connectivity index (χ2n) is 17.1. The van der Waals surface area contributed by atoms with Crippen LogP contribution in [0, 0.1) is 0 Å². The van der Waals surface area contributed by atoms with Crippen molar-refractivity contribution in [3.8, 4) is 22.5 Å². The molecular formula is C52H58Cl2N4O8. The fourth-order valence-corrected chi connectivity index (χ4v) is 10.4. The van der Waals surface area contributed by atoms with Gasteiger partial charge in [-0.3, -0.25) is 9.59 Å². The van der Waals surface area contributed by atoms with Crippen LogP contribution in [0.2, 0.25) is 10.0 Å². The van der Waals surface area contributed by atoms with E-state index < -0.39 is 17.9 Å². The maximum Gasteiger partial charge on any atom is 0.337 e. The van der Waals surface area contributed by atoms with Crippen LogP contribution in [0.15, 0.2) is 72.8 Å². The van der Waals surface area contributed by atoms with Crippen molar-refractivity contribution in [3.05, 3.63) is 105 Å². The number of rotatable bonds is 13. The summed E-state index contributed by atoms with van der Waals surface area (Å²) < 4.78 is 19.2. The number of nitrogens with two attached hydrogens (primary N) is 2. The van der Waals surface area contributed by atoms with Crippen molar-refractivity contribution in [3.63, 3.8) is 0 Å². The molecule has 14 heteroatoms. The number of carboxylic acid groups (broad SMARTS) is 1. The van der Waals surface area contributed by atoms with Gasteiger partial charge in [0.2, 0.25) is 0 Å². The predicted molar refractivity (Wildman–Crippen MR) is 261 cm³/mol. The normalized spacial score (nSPS) is 14.4. The summed E-state index contributed by atoms with van der Waals surface area (Å²) >= 11 is 12.4. The lowest BCUT2D eigenvalue weighted by molar-refractivity contribution is -0.143. The first-order valence-corrected chi connectivity index (χ1v) is 23.6. The third kappa shape index (κ3) is 10.3. The van der Waals surface area contributed by atoms with Crippen LogP contribution in [0.3, 0.4) is 0 Å². The van der Waals surface area contributed by atoms with E-state index in [1.807, 2.05) is 47.0 Å². The molecule has 2 aromatic heterocycles. The van der Waals surface area contributed by atoms with Crippen LogP contribution in [0.5, 0.6) is 0 Å². The number of aliphatic carboxylic acids is 1. The summed E-state index contributed by atoms with van der Waals surface area (Å²) in [5, 5.41) is 12.6. The number of esters is 3. The molecule has 2 heterocycles. The summed E-state index contributed by atoms with van der Waals surface area (Å²) in [5.74, 6) is -1.26. The Morgan fingerprint density at radius 2 is 1.05 bits per heavy atom. The van der Waals surface area contributed by atoms with Gasteiger partial charge in [0.25, 0.3) is 0 Å². The van der Waals surface area contributed by atoms with Crippen LogP contribution >= 0.6 is 23.2 Å². The molecule has 0 spiro atoms. The maximum absolute atomic E-state index is 12.3. The van der Waals surface area contributed by atoms with Gasteiger partial charge in [0.05, 0.1) is 56.2 Å². The molecule has 2 saturated carbocycles. The Labute approximate surface area is 395 Å². The zero-order valence-corrected chi connectivity index (χ0v) is 39.3. The Morgan fingerprint density at radius 1 is 0.621 bits per heavy atom. The lowest BCUT2D eigenvalue weighted by Crippen LogP contribution is -2.11. The highest BCUT2D eigenvalue weighted by Gasteiger charge is 2.30. The second kappa shape index (κ2) is 21.5. The number of carbonyl (C=O) groups excluding carboxylic acids is 3. The molecule has 6 aromatic rings. The van der Waals surface area contributed by atoms with E-state index in [1.165, 1.54) is 51.0 Å². The molecule has 4 aromatic carbocycles. The van der Waals surface area contributed by atoms with Gasteiger partial charge < -0.3 is 39.9 Å². The summed E-state index contributed by atoms with van der Waals surface area (Å²) in [6, 6.07) is 22.2. The minimum atomic E-state index is -0.884. The molecule has 0 radical (unpaired) electrons. The molecule has 0 aliphatic heterocycles. The van der Waals surface area contributed by atoms with Crippen molar-refractivity contribution in [2.24, 2.45) is 0 Å². The van der Waals surface area contributed by atoms with Crippen molar-refractivity contribution in [2.75, 3.05) is 32.3 Å². The minimum Gasteiger partial charge on any atom is -0.481 e. The van der Waals surface area contributed by atoms with E-state index in [-0.39, 0.29) is 25.4 Å². The number of halogens is 2. The topological polar surface area (TPSA) is 178 Å². The molecule has 0 unspecified atom stereocenters. The van der Waals surface area contributed by atoms with Gasteiger partial charge in [0.15, 0.2) is 0 Å². The largest absolute Gasteiger partial charge is 0.481 e. The van der Waals surface area contributed by atoms with Crippen LogP contribution in [0.1, 0.15) is 128 Å². The third-order valence-electron chi connectivity index (χ3n) is 13.0. The van der Waals surface area contributed by atoms with Crippen LogP contribution < -0.4 is 11.5 Å². The van der Waals surface area contributed by atoms with E-state index in [4.69, 9.17) is 48.9 Å². The Kier molecular flexibility index (Phi) is 15.7. The summed E-state index contributed by atoms with van der Waals surface area (Å²) in [4.78, 5) is 48.3. The van der Waals surface area contributed by atoms with Crippen molar-refractivity contribution >= 4 is 80.3 Å². The van der Waals surface area contributed by atoms with Crippen LogP contribution in [-0.4, -0.2) is 58.9 Å². The number of hydrogen-bond donors (Lipinski definition) is 3. The van der Waals surface area contributed by atoms with Gasteiger partial charge in [-0.05, 0) is 116 Å². The highest BCUT2D eigenvalue weighted by Crippen LogP contribution is 2.48. The van der Waals surface area contributed by atoms with E-state index in [9.17, 15) is 24.3 Å². The SMILES string of the molecule is CCOC(=O)CCn1c(-c2ccc(Cl)cc2N)c(C2CCCCC2)c2ccc(C(=O)OC)cc21.COC(=O)c1ccc2c(C3CCCCC3)c(-c3ccc(Cl)cc3N)n(CCC(=O)O)c2c1. The number of ether oxygens (including phenoxy) is 3. The Hall–Kier alpha value is -5.98. The summed E-state index contributed by atoms with van der Waals surface area (Å²) in [7, 11) is 2.73. The molecule has 5 N–H and O–H groups in total. The molecule has 348 valence electrons. The summed E-state index contributed by atoms with van der Waals surface area (Å²) in [5.41, 5.74) is 22.6. The second-order valence-corrected chi connectivity index (χ2v) is 18.0. The average Bonchev–Trinajstić information content (AvgIpc) is 3.81. The standard InChI is InChI=1S/C27H31ClN2O4.C25H27ClN2O4/c1-3-34-24(31)13-14-30-23-15-18(27(32)33-2)9-11-21(23)25(17-7-5-4-6-8-17)26(30)20-12-10-19(28)16-22(20)29;1-32-25(31)16-7-9-19-21(13-16)28(12-11-22(29)30)24(18-10-8-17(26)14-20(18)27)23(19)15-5-3-2-4-6-15/h9-12,15-17H,3-8,13-14,29H2,1-2H3;7-10,13-15H,2-6,11-12,27H2,1H3,(H,29,30). The number of carboxylic acids is 1.